The molecule has 0 radical (unpaired) electrons. The number of nitrogens with zero attached hydrogens (tertiary/aromatic N) is 2. The van der Waals surface area contributed by atoms with E-state index < -0.39 is 16.1 Å². The number of nitrogens with one attached hydrogen (secondary N) is 1. The number of amides is 2. The predicted molar refractivity (Wildman–Crippen MR) is 145 cm³/mol. The van der Waals surface area contributed by atoms with E-state index in [1.807, 2.05) is 57.2 Å². The van der Waals surface area contributed by atoms with Gasteiger partial charge in [-0.25, -0.2) is 8.42 Å². The Bertz CT molecular complexity index is 1140. The molecule has 35 heavy (non-hydrogen) atoms. The number of rotatable bonds is 12. The molecule has 2 rings (SSSR count). The monoisotopic (exact) mass is 565 g/mol. The van der Waals surface area contributed by atoms with E-state index in [1.54, 1.807) is 17.9 Å². The van der Waals surface area contributed by atoms with Gasteiger partial charge >= 0.3 is 0 Å². The summed E-state index contributed by atoms with van der Waals surface area (Å²) in [5.74, 6) is -0.402. The number of benzene rings is 2. The van der Waals surface area contributed by atoms with Crippen LogP contribution in [-0.2, 0) is 26.2 Å². The van der Waals surface area contributed by atoms with Crippen molar-refractivity contribution in [3.8, 4) is 0 Å². The molecule has 9 heteroatoms. The lowest BCUT2D eigenvalue weighted by Crippen LogP contribution is -2.47. The number of anilines is 1. The first kappa shape index (κ1) is 28.8. The molecule has 0 aromatic heterocycles. The maximum absolute atomic E-state index is 13.3. The Balaban J connectivity index is 2.17. The molecule has 192 valence electrons. The second-order valence-electron chi connectivity index (χ2n) is 8.83. The minimum Gasteiger partial charge on any atom is -0.354 e. The van der Waals surface area contributed by atoms with Crippen LogP contribution in [0, 0.1) is 13.8 Å². The fourth-order valence-corrected chi connectivity index (χ4v) is 5.10. The van der Waals surface area contributed by atoms with Gasteiger partial charge in [-0.1, -0.05) is 41.1 Å². The number of carbonyl (C=O) groups excluding carboxylic acids is 2. The van der Waals surface area contributed by atoms with Crippen molar-refractivity contribution in [2.24, 2.45) is 0 Å². The number of aryl methyl sites for hydroxylation is 2. The first-order valence-corrected chi connectivity index (χ1v) is 14.4. The van der Waals surface area contributed by atoms with Crippen LogP contribution in [0.15, 0.2) is 46.9 Å². The maximum atomic E-state index is 13.3. The molecule has 0 aliphatic rings. The summed E-state index contributed by atoms with van der Waals surface area (Å²) in [6.45, 7) is 8.60. The fourth-order valence-electron chi connectivity index (χ4n) is 3.70. The Morgan fingerprint density at radius 1 is 1.09 bits per heavy atom. The molecule has 0 bridgehead atoms. The van der Waals surface area contributed by atoms with Crippen LogP contribution in [-0.4, -0.2) is 50.5 Å². The van der Waals surface area contributed by atoms with E-state index >= 15 is 0 Å². The number of sulfonamides is 1. The van der Waals surface area contributed by atoms with Crippen LogP contribution in [0.25, 0.3) is 0 Å². The van der Waals surface area contributed by atoms with E-state index in [2.05, 4.69) is 21.2 Å². The molecule has 2 amide bonds. The molecular weight excluding hydrogens is 530 g/mol. The number of halogens is 1. The molecule has 0 fully saturated rings. The largest absolute Gasteiger partial charge is 0.354 e. The molecule has 2 aromatic rings. The molecule has 1 N–H and O–H groups in total. The van der Waals surface area contributed by atoms with E-state index in [-0.39, 0.29) is 31.3 Å². The molecule has 0 saturated heterocycles. The first-order valence-electron chi connectivity index (χ1n) is 11.8. The van der Waals surface area contributed by atoms with Gasteiger partial charge in [0.15, 0.2) is 0 Å². The summed E-state index contributed by atoms with van der Waals surface area (Å²) in [5, 5.41) is 2.86. The van der Waals surface area contributed by atoms with Crippen LogP contribution in [0.3, 0.4) is 0 Å². The van der Waals surface area contributed by atoms with Crippen molar-refractivity contribution < 1.29 is 18.0 Å². The van der Waals surface area contributed by atoms with Crippen molar-refractivity contribution >= 4 is 43.5 Å². The highest BCUT2D eigenvalue weighted by Gasteiger charge is 2.26. The van der Waals surface area contributed by atoms with Crippen molar-refractivity contribution in [2.45, 2.75) is 59.5 Å². The van der Waals surface area contributed by atoms with E-state index in [9.17, 15) is 18.0 Å². The number of carbonyl (C=O) groups is 2. The Hall–Kier alpha value is -2.39. The Morgan fingerprint density at radius 3 is 2.40 bits per heavy atom. The Morgan fingerprint density at radius 2 is 1.80 bits per heavy atom. The zero-order valence-corrected chi connectivity index (χ0v) is 23.6. The van der Waals surface area contributed by atoms with Gasteiger partial charge in [-0.2, -0.15) is 0 Å². The van der Waals surface area contributed by atoms with Gasteiger partial charge in [0.1, 0.15) is 6.04 Å². The van der Waals surface area contributed by atoms with Crippen molar-refractivity contribution in [1.29, 1.82) is 0 Å². The lowest BCUT2D eigenvalue weighted by molar-refractivity contribution is -0.140. The smallest absolute Gasteiger partial charge is 0.242 e. The normalized spacial score (nSPS) is 12.2. The zero-order valence-electron chi connectivity index (χ0n) is 21.2. The number of hydrogen-bond acceptors (Lipinski definition) is 4. The molecule has 1 atom stereocenters. The Labute approximate surface area is 218 Å². The second-order valence-corrected chi connectivity index (χ2v) is 11.6. The quantitative estimate of drug-likeness (QED) is 0.408. The third kappa shape index (κ3) is 8.65. The van der Waals surface area contributed by atoms with Crippen molar-refractivity contribution in [3.63, 3.8) is 0 Å². The zero-order chi connectivity index (χ0) is 26.2. The Kier molecular flexibility index (Phi) is 10.8. The highest BCUT2D eigenvalue weighted by atomic mass is 79.9. The summed E-state index contributed by atoms with van der Waals surface area (Å²) in [7, 11) is -3.52. The highest BCUT2D eigenvalue weighted by Crippen LogP contribution is 2.22. The average Bonchev–Trinajstić information content (AvgIpc) is 2.79. The molecule has 2 aromatic carbocycles. The van der Waals surface area contributed by atoms with Crippen molar-refractivity contribution in [1.82, 2.24) is 10.2 Å². The van der Waals surface area contributed by atoms with Gasteiger partial charge in [0.25, 0.3) is 0 Å². The summed E-state index contributed by atoms with van der Waals surface area (Å²) < 4.78 is 27.2. The third-order valence-corrected chi connectivity index (χ3v) is 7.58. The fraction of sp³-hybridized carbons (Fsp3) is 0.462. The minimum absolute atomic E-state index is 0.121. The van der Waals surface area contributed by atoms with Gasteiger partial charge in [-0.05, 0) is 74.6 Å². The van der Waals surface area contributed by atoms with Crippen LogP contribution in [0.5, 0.6) is 0 Å². The summed E-state index contributed by atoms with van der Waals surface area (Å²) >= 11 is 3.45. The molecule has 7 nitrogen and oxygen atoms in total. The van der Waals surface area contributed by atoms with E-state index in [1.165, 1.54) is 10.6 Å². The van der Waals surface area contributed by atoms with Gasteiger partial charge in [0, 0.05) is 30.5 Å². The molecule has 0 heterocycles. The second kappa shape index (κ2) is 13.1. The summed E-state index contributed by atoms with van der Waals surface area (Å²) in [4.78, 5) is 27.5. The van der Waals surface area contributed by atoms with Crippen LogP contribution >= 0.6 is 15.9 Å². The summed E-state index contributed by atoms with van der Waals surface area (Å²) in [6, 6.07) is 12.5. The van der Waals surface area contributed by atoms with Crippen molar-refractivity contribution in [2.75, 3.05) is 23.7 Å². The van der Waals surface area contributed by atoms with Gasteiger partial charge in [-0.3, -0.25) is 13.9 Å². The lowest BCUT2D eigenvalue weighted by Gasteiger charge is -2.29. The minimum atomic E-state index is -3.52. The molecule has 0 saturated carbocycles. The summed E-state index contributed by atoms with van der Waals surface area (Å²) in [5.41, 5.74) is 3.56. The average molecular weight is 567 g/mol. The van der Waals surface area contributed by atoms with Crippen LogP contribution in [0.1, 0.15) is 49.8 Å². The third-order valence-electron chi connectivity index (χ3n) is 5.89. The van der Waals surface area contributed by atoms with Crippen LogP contribution in [0.2, 0.25) is 0 Å². The van der Waals surface area contributed by atoms with E-state index in [4.69, 9.17) is 0 Å². The molecular formula is C26H36BrN3O4S. The number of hydrogen-bond donors (Lipinski definition) is 1. The van der Waals surface area contributed by atoms with Gasteiger partial charge in [0.2, 0.25) is 21.8 Å². The van der Waals surface area contributed by atoms with Crippen molar-refractivity contribution in [3.05, 3.63) is 63.6 Å². The van der Waals surface area contributed by atoms with Crippen LogP contribution in [0.4, 0.5) is 5.69 Å². The predicted octanol–water partition coefficient (Wildman–Crippen LogP) is 4.56. The SMILES string of the molecule is CCCNC(=O)C(C)N(Cc1cccc(Br)c1)C(=O)CCCN(c1ccc(C)c(C)c1)S(C)(=O)=O. The molecule has 0 spiro atoms. The van der Waals surface area contributed by atoms with Crippen LogP contribution < -0.4 is 9.62 Å². The topological polar surface area (TPSA) is 86.8 Å². The van der Waals surface area contributed by atoms with E-state index in [0.29, 0.717) is 18.7 Å². The van der Waals surface area contributed by atoms with Gasteiger partial charge in [-0.15, -0.1) is 0 Å². The maximum Gasteiger partial charge on any atom is 0.242 e. The summed E-state index contributed by atoms with van der Waals surface area (Å²) in [6.07, 6.45) is 2.43. The molecule has 1 unspecified atom stereocenters. The van der Waals surface area contributed by atoms with Gasteiger partial charge in [0.05, 0.1) is 11.9 Å². The molecule has 0 aliphatic heterocycles. The van der Waals surface area contributed by atoms with E-state index in [0.717, 1.165) is 27.6 Å². The lowest BCUT2D eigenvalue weighted by atomic mass is 10.1. The highest BCUT2D eigenvalue weighted by molar-refractivity contribution is 9.10. The standard InChI is InChI=1S/C26H36BrN3O4S/c1-6-14-28-26(32)21(4)29(18-22-9-7-10-23(27)17-22)25(31)11-8-15-30(35(5,33)34)24-13-12-19(2)20(3)16-24/h7,9-10,12-13,16-17,21H,6,8,11,14-15,18H2,1-5H3,(H,28,32). The van der Waals surface area contributed by atoms with Gasteiger partial charge < -0.3 is 10.2 Å². The molecule has 0 aliphatic carbocycles. The first-order chi connectivity index (χ1) is 16.4.